The molecule has 3 aliphatic rings. The van der Waals surface area contributed by atoms with Crippen molar-refractivity contribution in [2.75, 3.05) is 31.5 Å². The number of thioether (sulfide) groups is 1. The van der Waals surface area contributed by atoms with Gasteiger partial charge in [0, 0.05) is 31.1 Å². The van der Waals surface area contributed by atoms with Crippen molar-refractivity contribution in [1.29, 1.82) is 0 Å². The molecule has 0 aromatic heterocycles. The van der Waals surface area contributed by atoms with Gasteiger partial charge in [-0.3, -0.25) is 9.59 Å². The Bertz CT molecular complexity index is 934. The summed E-state index contributed by atoms with van der Waals surface area (Å²) < 4.78 is 27.5. The Balaban J connectivity index is 1.50. The Hall–Kier alpha value is -1.58. The summed E-state index contributed by atoms with van der Waals surface area (Å²) in [6.45, 7) is 6.72. The first-order chi connectivity index (χ1) is 14.3. The summed E-state index contributed by atoms with van der Waals surface area (Å²) in [5, 5.41) is 1.95. The minimum atomic E-state index is -3.59. The van der Waals surface area contributed by atoms with Gasteiger partial charge in [0.2, 0.25) is 21.8 Å². The van der Waals surface area contributed by atoms with Crippen LogP contribution >= 0.6 is 11.8 Å². The standard InChI is InChI=1S/C21H29N3O4S2/c1-14-5-9-23(10-6-14)21(26)19-20(25)22-17-13-16(3-4-18(17)29-19)30(27,28)24-11-7-15(2)8-12-24/h3-4,13-15,19H,5-12H2,1-2H3,(H,22,25)/t19-/m1/s1. The van der Waals surface area contributed by atoms with Gasteiger partial charge >= 0.3 is 0 Å². The molecule has 2 saturated heterocycles. The zero-order valence-electron chi connectivity index (χ0n) is 17.5. The number of piperidine rings is 2. The molecule has 3 aliphatic heterocycles. The topological polar surface area (TPSA) is 86.8 Å². The summed E-state index contributed by atoms with van der Waals surface area (Å²) >= 11 is 1.21. The van der Waals surface area contributed by atoms with Crippen molar-refractivity contribution in [2.45, 2.75) is 54.6 Å². The molecule has 164 valence electrons. The maximum atomic E-state index is 13.0. The number of nitrogens with one attached hydrogen (secondary N) is 1. The summed E-state index contributed by atoms with van der Waals surface area (Å²) in [4.78, 5) is 28.2. The zero-order chi connectivity index (χ0) is 21.5. The molecule has 0 radical (unpaired) electrons. The Labute approximate surface area is 182 Å². The van der Waals surface area contributed by atoms with Crippen LogP contribution in [-0.4, -0.2) is 60.9 Å². The van der Waals surface area contributed by atoms with E-state index in [0.717, 1.165) is 30.6 Å². The number of sulfonamides is 1. The molecule has 4 rings (SSSR count). The van der Waals surface area contributed by atoms with E-state index in [-0.39, 0.29) is 16.7 Å². The second-order valence-corrected chi connectivity index (χ2v) is 11.8. The number of hydrogen-bond acceptors (Lipinski definition) is 5. The molecule has 2 amide bonds. The van der Waals surface area contributed by atoms with Crippen molar-refractivity contribution in [3.05, 3.63) is 18.2 Å². The van der Waals surface area contributed by atoms with Crippen LogP contribution in [-0.2, 0) is 19.6 Å². The number of carbonyl (C=O) groups is 2. The molecular weight excluding hydrogens is 422 g/mol. The SMILES string of the molecule is CC1CCN(C(=O)[C@@H]2Sc3ccc(S(=O)(=O)N4CCC(C)CC4)cc3NC2=O)CC1. The Morgan fingerprint density at radius 3 is 2.27 bits per heavy atom. The fourth-order valence-electron chi connectivity index (χ4n) is 4.18. The predicted molar refractivity (Wildman–Crippen MR) is 117 cm³/mol. The third-order valence-corrected chi connectivity index (χ3v) is 9.55. The molecule has 2 fully saturated rings. The van der Waals surface area contributed by atoms with Gasteiger partial charge in [0.15, 0.2) is 5.25 Å². The lowest BCUT2D eigenvalue weighted by molar-refractivity contribution is -0.135. The molecule has 1 N–H and O–H groups in total. The maximum absolute atomic E-state index is 13.0. The number of hydrogen-bond donors (Lipinski definition) is 1. The highest BCUT2D eigenvalue weighted by atomic mass is 32.2. The smallest absolute Gasteiger partial charge is 0.247 e. The molecule has 0 unspecified atom stereocenters. The van der Waals surface area contributed by atoms with E-state index in [1.54, 1.807) is 17.0 Å². The van der Waals surface area contributed by atoms with Crippen LogP contribution in [0.25, 0.3) is 0 Å². The lowest BCUT2D eigenvalue weighted by atomic mass is 9.99. The molecule has 1 aromatic rings. The minimum absolute atomic E-state index is 0.158. The van der Waals surface area contributed by atoms with Crippen molar-refractivity contribution in [1.82, 2.24) is 9.21 Å². The van der Waals surface area contributed by atoms with Crippen LogP contribution < -0.4 is 5.32 Å². The number of likely N-dealkylation sites (tertiary alicyclic amines) is 1. The van der Waals surface area contributed by atoms with Crippen molar-refractivity contribution in [3.63, 3.8) is 0 Å². The van der Waals surface area contributed by atoms with Gasteiger partial charge < -0.3 is 10.2 Å². The van der Waals surface area contributed by atoms with E-state index >= 15 is 0 Å². The molecular formula is C21H29N3O4S2. The van der Waals surface area contributed by atoms with Crippen molar-refractivity contribution in [3.8, 4) is 0 Å². The lowest BCUT2D eigenvalue weighted by Crippen LogP contribution is -2.47. The van der Waals surface area contributed by atoms with Gasteiger partial charge in [-0.25, -0.2) is 8.42 Å². The first-order valence-corrected chi connectivity index (χ1v) is 13.0. The van der Waals surface area contributed by atoms with Crippen molar-refractivity contribution >= 4 is 39.3 Å². The summed E-state index contributed by atoms with van der Waals surface area (Å²) in [6, 6.07) is 4.81. The fourth-order valence-corrected chi connectivity index (χ4v) is 6.73. The first-order valence-electron chi connectivity index (χ1n) is 10.7. The summed E-state index contributed by atoms with van der Waals surface area (Å²) in [5.74, 6) is 0.603. The molecule has 9 heteroatoms. The third kappa shape index (κ3) is 4.24. The summed E-state index contributed by atoms with van der Waals surface area (Å²) in [7, 11) is -3.59. The quantitative estimate of drug-likeness (QED) is 0.714. The van der Waals surface area contributed by atoms with Crippen LogP contribution in [0.4, 0.5) is 5.69 Å². The van der Waals surface area contributed by atoms with Gasteiger partial charge in [0.05, 0.1) is 10.6 Å². The second kappa shape index (κ2) is 8.51. The highest BCUT2D eigenvalue weighted by Gasteiger charge is 2.37. The van der Waals surface area contributed by atoms with Crippen LogP contribution in [0.15, 0.2) is 28.0 Å². The molecule has 3 heterocycles. The highest BCUT2D eigenvalue weighted by Crippen LogP contribution is 2.38. The Kier molecular flexibility index (Phi) is 6.14. The molecule has 7 nitrogen and oxygen atoms in total. The lowest BCUT2D eigenvalue weighted by Gasteiger charge is -2.34. The molecule has 0 aliphatic carbocycles. The predicted octanol–water partition coefficient (Wildman–Crippen LogP) is 2.78. The number of rotatable bonds is 3. The van der Waals surface area contributed by atoms with Crippen molar-refractivity contribution in [2.24, 2.45) is 11.8 Å². The number of fused-ring (bicyclic) bond motifs is 1. The number of nitrogens with zero attached hydrogens (tertiary/aromatic N) is 2. The number of benzene rings is 1. The van der Waals surface area contributed by atoms with E-state index < -0.39 is 15.3 Å². The second-order valence-electron chi connectivity index (χ2n) is 8.74. The molecule has 1 aromatic carbocycles. The minimum Gasteiger partial charge on any atom is -0.341 e. The average molecular weight is 452 g/mol. The van der Waals surface area contributed by atoms with Gasteiger partial charge in [-0.2, -0.15) is 4.31 Å². The van der Waals surface area contributed by atoms with E-state index in [9.17, 15) is 18.0 Å². The normalized spacial score (nSPS) is 24.4. The molecule has 1 atom stereocenters. The van der Waals surface area contributed by atoms with Gasteiger partial charge in [-0.1, -0.05) is 13.8 Å². The monoisotopic (exact) mass is 451 g/mol. The molecule has 30 heavy (non-hydrogen) atoms. The average Bonchev–Trinajstić information content (AvgIpc) is 2.73. The molecule has 0 saturated carbocycles. The van der Waals surface area contributed by atoms with Gasteiger partial charge in [-0.05, 0) is 55.7 Å². The van der Waals surface area contributed by atoms with E-state index in [0.29, 0.717) is 43.7 Å². The summed E-state index contributed by atoms with van der Waals surface area (Å²) in [6.07, 6.45) is 3.63. The number of anilines is 1. The van der Waals surface area contributed by atoms with Crippen LogP contribution in [0.2, 0.25) is 0 Å². The van der Waals surface area contributed by atoms with E-state index in [1.165, 1.54) is 22.1 Å². The first kappa shape index (κ1) is 21.6. The summed E-state index contributed by atoms with van der Waals surface area (Å²) in [5.41, 5.74) is 0.466. The molecule has 0 spiro atoms. The van der Waals surface area contributed by atoms with Gasteiger partial charge in [0.25, 0.3) is 0 Å². The van der Waals surface area contributed by atoms with Crippen LogP contribution in [0, 0.1) is 11.8 Å². The van der Waals surface area contributed by atoms with Crippen LogP contribution in [0.1, 0.15) is 39.5 Å². The van der Waals surface area contributed by atoms with E-state index in [4.69, 9.17) is 0 Å². The van der Waals surface area contributed by atoms with Crippen LogP contribution in [0.3, 0.4) is 0 Å². The maximum Gasteiger partial charge on any atom is 0.247 e. The van der Waals surface area contributed by atoms with E-state index in [2.05, 4.69) is 19.2 Å². The Morgan fingerprint density at radius 2 is 1.63 bits per heavy atom. The fraction of sp³-hybridized carbons (Fsp3) is 0.619. The van der Waals surface area contributed by atoms with Gasteiger partial charge in [0.1, 0.15) is 0 Å². The molecule has 0 bridgehead atoms. The van der Waals surface area contributed by atoms with E-state index in [1.807, 2.05) is 0 Å². The van der Waals surface area contributed by atoms with Crippen LogP contribution in [0.5, 0.6) is 0 Å². The number of amides is 2. The van der Waals surface area contributed by atoms with Gasteiger partial charge in [-0.15, -0.1) is 11.8 Å². The Morgan fingerprint density at radius 1 is 1.03 bits per heavy atom. The highest BCUT2D eigenvalue weighted by molar-refractivity contribution is 8.01. The largest absolute Gasteiger partial charge is 0.341 e. The number of carbonyl (C=O) groups excluding carboxylic acids is 2. The van der Waals surface area contributed by atoms with Crippen molar-refractivity contribution < 1.29 is 18.0 Å². The third-order valence-electron chi connectivity index (χ3n) is 6.39. The zero-order valence-corrected chi connectivity index (χ0v) is 19.1.